The van der Waals surface area contributed by atoms with E-state index in [0.29, 0.717) is 17.9 Å². The van der Waals surface area contributed by atoms with Crippen molar-refractivity contribution in [3.63, 3.8) is 0 Å². The number of nitrogens with one attached hydrogen (secondary N) is 2. The number of hydrazine groups is 1. The van der Waals surface area contributed by atoms with E-state index in [0.717, 1.165) is 23.4 Å². The van der Waals surface area contributed by atoms with E-state index in [1.807, 2.05) is 25.1 Å². The molecule has 0 atom stereocenters. The molecule has 6 heteroatoms. The third-order valence-corrected chi connectivity index (χ3v) is 2.95. The van der Waals surface area contributed by atoms with Gasteiger partial charge < -0.3 is 10.7 Å². The summed E-state index contributed by atoms with van der Waals surface area (Å²) in [5, 5.41) is 12.1. The first kappa shape index (κ1) is 13.8. The van der Waals surface area contributed by atoms with Gasteiger partial charge >= 0.3 is 0 Å². The number of benzene rings is 1. The molecule has 0 aliphatic carbocycles. The molecule has 0 saturated carbocycles. The van der Waals surface area contributed by atoms with Crippen molar-refractivity contribution < 1.29 is 0 Å². The lowest BCUT2D eigenvalue weighted by molar-refractivity contribution is 1.00. The highest BCUT2D eigenvalue weighted by molar-refractivity contribution is 5.57. The number of hydrogen-bond acceptors (Lipinski definition) is 6. The van der Waals surface area contributed by atoms with Crippen molar-refractivity contribution in [2.75, 3.05) is 10.7 Å². The van der Waals surface area contributed by atoms with Gasteiger partial charge in [-0.2, -0.15) is 5.26 Å². The van der Waals surface area contributed by atoms with Gasteiger partial charge in [-0.3, -0.25) is 0 Å². The first-order chi connectivity index (χ1) is 9.78. The minimum atomic E-state index is 0.587. The molecule has 0 spiro atoms. The maximum atomic E-state index is 8.88. The molecule has 0 saturated heterocycles. The topological polar surface area (TPSA) is 99.7 Å². The van der Waals surface area contributed by atoms with Crippen molar-refractivity contribution in [1.29, 1.82) is 5.26 Å². The molecule has 1 heterocycles. The highest BCUT2D eigenvalue weighted by atomic mass is 15.3. The SMILES string of the molecule is CCc1c(NN)ncnc1NCc1cccc(C#N)c1. The number of rotatable bonds is 5. The third kappa shape index (κ3) is 3.02. The minimum Gasteiger partial charge on any atom is -0.366 e. The van der Waals surface area contributed by atoms with Gasteiger partial charge in [0.1, 0.15) is 18.0 Å². The molecule has 20 heavy (non-hydrogen) atoms. The van der Waals surface area contributed by atoms with Crippen LogP contribution in [0, 0.1) is 11.3 Å². The lowest BCUT2D eigenvalue weighted by Crippen LogP contribution is -2.14. The molecule has 6 nitrogen and oxygen atoms in total. The number of nitriles is 1. The number of anilines is 2. The molecule has 2 rings (SSSR count). The summed E-state index contributed by atoms with van der Waals surface area (Å²) in [5.74, 6) is 6.81. The molecular weight excluding hydrogens is 252 g/mol. The van der Waals surface area contributed by atoms with Crippen LogP contribution in [0.5, 0.6) is 0 Å². The van der Waals surface area contributed by atoms with Gasteiger partial charge in [-0.25, -0.2) is 15.8 Å². The zero-order valence-electron chi connectivity index (χ0n) is 11.2. The summed E-state index contributed by atoms with van der Waals surface area (Å²) in [6.45, 7) is 2.60. The van der Waals surface area contributed by atoms with E-state index in [2.05, 4.69) is 26.8 Å². The van der Waals surface area contributed by atoms with Crippen LogP contribution in [0.1, 0.15) is 23.6 Å². The Kier molecular flexibility index (Phi) is 4.47. The van der Waals surface area contributed by atoms with Crippen LogP contribution in [0.2, 0.25) is 0 Å². The maximum Gasteiger partial charge on any atom is 0.148 e. The van der Waals surface area contributed by atoms with E-state index in [1.54, 1.807) is 6.07 Å². The van der Waals surface area contributed by atoms with Crippen LogP contribution in [0.15, 0.2) is 30.6 Å². The molecule has 0 radical (unpaired) electrons. The first-order valence-electron chi connectivity index (χ1n) is 6.32. The second kappa shape index (κ2) is 6.50. The molecule has 0 bridgehead atoms. The minimum absolute atomic E-state index is 0.587. The quantitative estimate of drug-likeness (QED) is 0.565. The van der Waals surface area contributed by atoms with E-state index in [4.69, 9.17) is 11.1 Å². The van der Waals surface area contributed by atoms with Crippen LogP contribution in [0.4, 0.5) is 11.6 Å². The summed E-state index contributed by atoms with van der Waals surface area (Å²) < 4.78 is 0. The smallest absolute Gasteiger partial charge is 0.148 e. The number of nitrogens with two attached hydrogens (primary N) is 1. The standard InChI is InChI=1S/C14H16N6/c1-2-12-13(18-9-19-14(12)20-16)17-8-11-5-3-4-10(6-11)7-15/h3-6,9H,2,8,16H2,1H3,(H2,17,18,19,20). The van der Waals surface area contributed by atoms with Crippen LogP contribution in [0.25, 0.3) is 0 Å². The van der Waals surface area contributed by atoms with Crippen molar-refractivity contribution >= 4 is 11.6 Å². The van der Waals surface area contributed by atoms with Crippen molar-refractivity contribution in [2.24, 2.45) is 5.84 Å². The van der Waals surface area contributed by atoms with E-state index in [1.165, 1.54) is 6.33 Å². The van der Waals surface area contributed by atoms with Crippen LogP contribution in [0.3, 0.4) is 0 Å². The average Bonchev–Trinajstić information content (AvgIpc) is 2.52. The molecule has 0 fully saturated rings. The molecule has 2 aromatic rings. The predicted octanol–water partition coefficient (Wildman–Crippen LogP) is 1.81. The maximum absolute atomic E-state index is 8.88. The molecule has 0 unspecified atom stereocenters. The van der Waals surface area contributed by atoms with Crippen molar-refractivity contribution in [3.8, 4) is 6.07 Å². The monoisotopic (exact) mass is 268 g/mol. The number of aromatic nitrogens is 2. The Bertz CT molecular complexity index is 632. The molecule has 102 valence electrons. The second-order valence-corrected chi connectivity index (χ2v) is 4.21. The van der Waals surface area contributed by atoms with Gasteiger partial charge in [0.2, 0.25) is 0 Å². The molecule has 0 aliphatic rings. The fourth-order valence-electron chi connectivity index (χ4n) is 1.96. The summed E-state index contributed by atoms with van der Waals surface area (Å²) in [6.07, 6.45) is 2.23. The third-order valence-electron chi connectivity index (χ3n) is 2.95. The Labute approximate surface area is 117 Å². The lowest BCUT2D eigenvalue weighted by Gasteiger charge is -2.12. The highest BCUT2D eigenvalue weighted by Crippen LogP contribution is 2.20. The number of nitrogens with zero attached hydrogens (tertiary/aromatic N) is 3. The Morgan fingerprint density at radius 2 is 2.10 bits per heavy atom. The lowest BCUT2D eigenvalue weighted by atomic mass is 10.1. The molecule has 0 amide bonds. The number of nitrogen functional groups attached to an aromatic ring is 1. The van der Waals surface area contributed by atoms with Crippen molar-refractivity contribution in [2.45, 2.75) is 19.9 Å². The van der Waals surface area contributed by atoms with Crippen LogP contribution >= 0.6 is 0 Å². The van der Waals surface area contributed by atoms with Gasteiger partial charge in [-0.05, 0) is 24.1 Å². The molecule has 4 N–H and O–H groups in total. The van der Waals surface area contributed by atoms with Gasteiger partial charge in [0, 0.05) is 12.1 Å². The summed E-state index contributed by atoms with van der Waals surface area (Å²) >= 11 is 0. The Morgan fingerprint density at radius 3 is 2.80 bits per heavy atom. The van der Waals surface area contributed by atoms with Gasteiger partial charge in [0.15, 0.2) is 0 Å². The summed E-state index contributed by atoms with van der Waals surface area (Å²) in [4.78, 5) is 8.31. The fraction of sp³-hybridized carbons (Fsp3) is 0.214. The molecular formula is C14H16N6. The predicted molar refractivity (Wildman–Crippen MR) is 77.7 cm³/mol. The summed E-state index contributed by atoms with van der Waals surface area (Å²) in [6, 6.07) is 9.58. The van der Waals surface area contributed by atoms with Gasteiger partial charge in [-0.1, -0.05) is 19.1 Å². The van der Waals surface area contributed by atoms with Crippen LogP contribution in [-0.4, -0.2) is 9.97 Å². The molecule has 1 aromatic heterocycles. The van der Waals surface area contributed by atoms with Crippen molar-refractivity contribution in [1.82, 2.24) is 9.97 Å². The van der Waals surface area contributed by atoms with Crippen molar-refractivity contribution in [3.05, 3.63) is 47.3 Å². The Hall–Kier alpha value is -2.65. The van der Waals surface area contributed by atoms with E-state index >= 15 is 0 Å². The zero-order chi connectivity index (χ0) is 14.4. The molecule has 0 aliphatic heterocycles. The average molecular weight is 268 g/mol. The fourth-order valence-corrected chi connectivity index (χ4v) is 1.96. The highest BCUT2D eigenvalue weighted by Gasteiger charge is 2.08. The normalized spacial score (nSPS) is 9.85. The van der Waals surface area contributed by atoms with Crippen LogP contribution < -0.4 is 16.6 Å². The largest absolute Gasteiger partial charge is 0.366 e. The number of hydrogen-bond donors (Lipinski definition) is 3. The van der Waals surface area contributed by atoms with Gasteiger partial charge in [0.25, 0.3) is 0 Å². The van der Waals surface area contributed by atoms with Gasteiger partial charge in [0.05, 0.1) is 11.6 Å². The van der Waals surface area contributed by atoms with E-state index < -0.39 is 0 Å². The first-order valence-corrected chi connectivity index (χ1v) is 6.32. The summed E-state index contributed by atoms with van der Waals surface area (Å²) in [7, 11) is 0. The van der Waals surface area contributed by atoms with E-state index in [-0.39, 0.29) is 0 Å². The Morgan fingerprint density at radius 1 is 1.30 bits per heavy atom. The van der Waals surface area contributed by atoms with E-state index in [9.17, 15) is 0 Å². The summed E-state index contributed by atoms with van der Waals surface area (Å²) in [5.41, 5.74) is 5.17. The molecule has 1 aromatic carbocycles. The van der Waals surface area contributed by atoms with Crippen LogP contribution in [-0.2, 0) is 13.0 Å². The van der Waals surface area contributed by atoms with Gasteiger partial charge in [-0.15, -0.1) is 0 Å². The second-order valence-electron chi connectivity index (χ2n) is 4.21. The zero-order valence-corrected chi connectivity index (χ0v) is 11.2. The Balaban J connectivity index is 2.16.